The minimum atomic E-state index is -0.513. The Morgan fingerprint density at radius 1 is 1.03 bits per heavy atom. The summed E-state index contributed by atoms with van der Waals surface area (Å²) in [6.07, 6.45) is 3.32. The molecule has 5 atom stereocenters. The van der Waals surface area contributed by atoms with Crippen molar-refractivity contribution >= 4 is 5.97 Å². The lowest BCUT2D eigenvalue weighted by molar-refractivity contribution is -0.310. The number of piperidine rings is 1. The van der Waals surface area contributed by atoms with Crippen LogP contribution in [-0.2, 0) is 14.4 Å². The van der Waals surface area contributed by atoms with E-state index in [0.29, 0.717) is 0 Å². The molecule has 3 rings (SSSR count). The zero-order chi connectivity index (χ0) is 25.5. The molecule has 34 heavy (non-hydrogen) atoms. The van der Waals surface area contributed by atoms with E-state index in [0.717, 1.165) is 19.4 Å². The number of hydrogen-bond acceptors (Lipinski definition) is 5. The highest BCUT2D eigenvalue weighted by molar-refractivity contribution is 5.74. The first-order valence-electron chi connectivity index (χ1n) is 13.1. The third-order valence-electron chi connectivity index (χ3n) is 7.94. The molecule has 0 radical (unpaired) electrons. The van der Waals surface area contributed by atoms with Crippen molar-refractivity contribution in [1.29, 1.82) is 0 Å². The van der Waals surface area contributed by atoms with Crippen LogP contribution in [0.4, 0.5) is 0 Å². The lowest BCUT2D eigenvalue weighted by Crippen LogP contribution is -2.59. The van der Waals surface area contributed by atoms with Gasteiger partial charge in [0.2, 0.25) is 0 Å². The summed E-state index contributed by atoms with van der Waals surface area (Å²) in [6.45, 7) is 22.3. The molecule has 0 unspecified atom stereocenters. The van der Waals surface area contributed by atoms with Crippen LogP contribution in [0.1, 0.15) is 100 Å². The molecule has 2 heterocycles. The summed E-state index contributed by atoms with van der Waals surface area (Å²) < 4.78 is 5.94. The zero-order valence-electron chi connectivity index (χ0n) is 23.2. The number of carbonyl (C=O) groups excluding carboxylic acids is 1. The summed E-state index contributed by atoms with van der Waals surface area (Å²) >= 11 is 0. The summed E-state index contributed by atoms with van der Waals surface area (Å²) in [5.74, 6) is -0.304. The van der Waals surface area contributed by atoms with Crippen LogP contribution < -0.4 is 0 Å². The van der Waals surface area contributed by atoms with Gasteiger partial charge in [-0.1, -0.05) is 30.3 Å². The summed E-state index contributed by atoms with van der Waals surface area (Å²) in [6, 6.07) is 10.8. The van der Waals surface area contributed by atoms with Crippen LogP contribution in [-0.4, -0.2) is 51.3 Å². The van der Waals surface area contributed by atoms with Gasteiger partial charge in [-0.25, -0.2) is 0 Å². The second kappa shape index (κ2) is 9.91. The van der Waals surface area contributed by atoms with Gasteiger partial charge in [-0.15, -0.1) is 0 Å². The Balaban J connectivity index is 1.89. The van der Waals surface area contributed by atoms with Crippen LogP contribution >= 0.6 is 0 Å². The maximum atomic E-state index is 13.5. The van der Waals surface area contributed by atoms with E-state index in [1.165, 1.54) is 12.0 Å². The van der Waals surface area contributed by atoms with Crippen molar-refractivity contribution in [3.8, 4) is 0 Å². The van der Waals surface area contributed by atoms with E-state index < -0.39 is 5.60 Å². The van der Waals surface area contributed by atoms with E-state index in [2.05, 4.69) is 82.7 Å². The first kappa shape index (κ1) is 27.2. The number of esters is 1. The van der Waals surface area contributed by atoms with E-state index >= 15 is 0 Å². The molecule has 1 aromatic carbocycles. The van der Waals surface area contributed by atoms with Crippen LogP contribution in [0.15, 0.2) is 30.3 Å². The van der Waals surface area contributed by atoms with Gasteiger partial charge in [-0.05, 0) is 94.1 Å². The fourth-order valence-electron chi connectivity index (χ4n) is 6.21. The lowest BCUT2D eigenvalue weighted by Gasteiger charge is -2.52. The maximum Gasteiger partial charge on any atom is 0.311 e. The fraction of sp³-hybridized carbons (Fsp3) is 0.759. The minimum Gasteiger partial charge on any atom is -0.460 e. The highest BCUT2D eigenvalue weighted by Gasteiger charge is 2.51. The van der Waals surface area contributed by atoms with Crippen molar-refractivity contribution in [2.45, 2.75) is 123 Å². The van der Waals surface area contributed by atoms with Crippen molar-refractivity contribution in [2.75, 3.05) is 6.54 Å². The molecule has 2 aliphatic heterocycles. The van der Waals surface area contributed by atoms with Gasteiger partial charge in [0.05, 0.1) is 12.0 Å². The maximum absolute atomic E-state index is 13.5. The van der Waals surface area contributed by atoms with Gasteiger partial charge in [0.15, 0.2) is 0 Å². The van der Waals surface area contributed by atoms with Gasteiger partial charge in [-0.3, -0.25) is 14.5 Å². The topological polar surface area (TPSA) is 42.0 Å². The van der Waals surface area contributed by atoms with Crippen molar-refractivity contribution in [3.63, 3.8) is 0 Å². The molecular formula is C29H48N2O3. The van der Waals surface area contributed by atoms with E-state index in [-0.39, 0.29) is 47.1 Å². The highest BCUT2D eigenvalue weighted by atomic mass is 16.7. The van der Waals surface area contributed by atoms with Crippen LogP contribution in [0, 0.1) is 11.8 Å². The fourth-order valence-corrected chi connectivity index (χ4v) is 6.21. The molecule has 0 aromatic heterocycles. The van der Waals surface area contributed by atoms with E-state index in [4.69, 9.17) is 9.57 Å². The number of carbonyl (C=O) groups is 1. The lowest BCUT2D eigenvalue weighted by atomic mass is 9.82. The average Bonchev–Trinajstić information content (AvgIpc) is 3.06. The van der Waals surface area contributed by atoms with E-state index in [1.807, 2.05) is 26.8 Å². The van der Waals surface area contributed by atoms with Gasteiger partial charge in [0, 0.05) is 35.6 Å². The average molecular weight is 473 g/mol. The molecule has 1 aromatic rings. The van der Waals surface area contributed by atoms with Crippen LogP contribution in [0.3, 0.4) is 0 Å². The Labute approximate surface area is 208 Å². The Morgan fingerprint density at radius 3 is 2.12 bits per heavy atom. The largest absolute Gasteiger partial charge is 0.460 e. The predicted molar refractivity (Wildman–Crippen MR) is 138 cm³/mol. The summed E-state index contributed by atoms with van der Waals surface area (Å²) in [7, 11) is 0. The first-order valence-corrected chi connectivity index (χ1v) is 13.1. The number of hydroxylamine groups is 2. The number of rotatable bonds is 6. The number of likely N-dealkylation sites (tertiary alicyclic amines) is 1. The Kier molecular flexibility index (Phi) is 7.91. The molecule has 2 fully saturated rings. The number of hydrogen-bond donors (Lipinski definition) is 0. The standard InChI is InChI=1S/C29H48N2O3/c1-20(23-15-12-11-13-16-23)30-19-24(25(21(30)2)26(32)33-27(4,5)6)22(3)34-31-28(7,8)17-14-18-29(31,9)10/h11-13,15-16,20-22,24-25H,14,17-19H2,1-10H3/t20-,21-,22+,24-,25-/m1/s1. The van der Waals surface area contributed by atoms with E-state index in [9.17, 15) is 4.79 Å². The molecule has 0 aliphatic carbocycles. The third-order valence-corrected chi connectivity index (χ3v) is 7.94. The molecule has 5 heteroatoms. The van der Waals surface area contributed by atoms with Crippen LogP contribution in [0.5, 0.6) is 0 Å². The second-order valence-corrected chi connectivity index (χ2v) is 12.8. The van der Waals surface area contributed by atoms with Gasteiger partial charge >= 0.3 is 5.97 Å². The van der Waals surface area contributed by atoms with Crippen molar-refractivity contribution in [1.82, 2.24) is 9.96 Å². The molecule has 0 N–H and O–H groups in total. The van der Waals surface area contributed by atoms with Crippen molar-refractivity contribution in [3.05, 3.63) is 35.9 Å². The van der Waals surface area contributed by atoms with Crippen LogP contribution in [0.2, 0.25) is 0 Å². The number of benzene rings is 1. The molecule has 0 amide bonds. The molecule has 0 saturated carbocycles. The Morgan fingerprint density at radius 2 is 1.59 bits per heavy atom. The molecule has 2 aliphatic rings. The number of ether oxygens (including phenoxy) is 1. The molecule has 5 nitrogen and oxygen atoms in total. The molecule has 192 valence electrons. The summed E-state index contributed by atoms with van der Waals surface area (Å²) in [5.41, 5.74) is 0.669. The smallest absolute Gasteiger partial charge is 0.311 e. The minimum absolute atomic E-state index is 0.0430. The van der Waals surface area contributed by atoms with Crippen molar-refractivity contribution in [2.24, 2.45) is 11.8 Å². The Hall–Kier alpha value is -1.43. The first-order chi connectivity index (χ1) is 15.6. The van der Waals surface area contributed by atoms with E-state index in [1.54, 1.807) is 0 Å². The summed E-state index contributed by atoms with van der Waals surface area (Å²) in [4.78, 5) is 22.8. The van der Waals surface area contributed by atoms with Crippen molar-refractivity contribution < 1.29 is 14.4 Å². The van der Waals surface area contributed by atoms with Gasteiger partial charge in [-0.2, -0.15) is 5.06 Å². The highest BCUT2D eigenvalue weighted by Crippen LogP contribution is 2.43. The molecular weight excluding hydrogens is 424 g/mol. The quantitative estimate of drug-likeness (QED) is 0.449. The van der Waals surface area contributed by atoms with Gasteiger partial charge in [0.1, 0.15) is 5.60 Å². The van der Waals surface area contributed by atoms with Gasteiger partial charge < -0.3 is 4.74 Å². The SMILES string of the molecule is C[C@H](ON1C(C)(C)CCCC1(C)C)[C@H]1CN([C@H](C)c2ccccc2)[C@H](C)[C@H]1C(=O)OC(C)(C)C. The second-order valence-electron chi connectivity index (χ2n) is 12.8. The molecule has 2 saturated heterocycles. The predicted octanol–water partition coefficient (Wildman–Crippen LogP) is 6.39. The molecule has 0 bridgehead atoms. The zero-order valence-corrected chi connectivity index (χ0v) is 23.2. The normalized spacial score (nSPS) is 29.5. The summed E-state index contributed by atoms with van der Waals surface area (Å²) in [5, 5.41) is 2.23. The van der Waals surface area contributed by atoms with Gasteiger partial charge in [0.25, 0.3) is 0 Å². The molecule has 0 spiro atoms. The Bertz CT molecular complexity index is 814. The van der Waals surface area contributed by atoms with Crippen LogP contribution in [0.25, 0.3) is 0 Å². The third kappa shape index (κ3) is 5.85. The monoisotopic (exact) mass is 472 g/mol. The number of nitrogens with zero attached hydrogens (tertiary/aromatic N) is 2.